The third-order valence-corrected chi connectivity index (χ3v) is 3.76. The number of ether oxygens (including phenoxy) is 3. The number of carbonyl (C=O) groups is 1. The van der Waals surface area contributed by atoms with E-state index in [1.54, 1.807) is 26.1 Å². The molecule has 1 heterocycles. The number of anilines is 1. The Labute approximate surface area is 134 Å². The molecule has 0 radical (unpaired) electrons. The van der Waals surface area contributed by atoms with Gasteiger partial charge in [-0.15, -0.1) is 0 Å². The van der Waals surface area contributed by atoms with Crippen LogP contribution < -0.4 is 14.4 Å². The summed E-state index contributed by atoms with van der Waals surface area (Å²) in [5, 5.41) is 20.9. The molecule has 0 spiro atoms. The zero-order valence-corrected chi connectivity index (χ0v) is 13.6. The summed E-state index contributed by atoms with van der Waals surface area (Å²) in [6, 6.07) is 3.29. The number of carbonyl (C=O) groups excluding carboxylic acids is 1. The molecule has 0 saturated heterocycles. The number of nitrogens with zero attached hydrogens (tertiary/aromatic N) is 1. The molecule has 0 amide bonds. The number of hydrogen-bond acceptors (Lipinski definition) is 7. The summed E-state index contributed by atoms with van der Waals surface area (Å²) >= 11 is 0. The van der Waals surface area contributed by atoms with Crippen LogP contribution >= 0.6 is 0 Å². The molecule has 1 aromatic carbocycles. The van der Waals surface area contributed by atoms with Crippen molar-refractivity contribution in [3.05, 3.63) is 29.2 Å². The van der Waals surface area contributed by atoms with E-state index in [2.05, 4.69) is 0 Å². The minimum atomic E-state index is -1.13. The molecule has 126 valence electrons. The fourth-order valence-electron chi connectivity index (χ4n) is 2.58. The maximum absolute atomic E-state index is 11.7. The number of aliphatic hydroxyl groups excluding tert-OH is 2. The molecule has 2 N–H and O–H groups in total. The summed E-state index contributed by atoms with van der Waals surface area (Å²) in [4.78, 5) is 13.2. The third-order valence-electron chi connectivity index (χ3n) is 3.76. The topological polar surface area (TPSA) is 88.5 Å². The molecule has 0 bridgehead atoms. The summed E-state index contributed by atoms with van der Waals surface area (Å²) in [5.41, 5.74) is 1.27. The molecule has 7 heteroatoms. The summed E-state index contributed by atoms with van der Waals surface area (Å²) in [6.07, 6.45) is -1.33. The highest BCUT2D eigenvalue weighted by Gasteiger charge is 2.33. The van der Waals surface area contributed by atoms with Gasteiger partial charge in [0, 0.05) is 24.3 Å². The van der Waals surface area contributed by atoms with E-state index in [4.69, 9.17) is 14.2 Å². The highest BCUT2D eigenvalue weighted by Crippen LogP contribution is 2.44. The Bertz CT molecular complexity index is 640. The Kier molecular flexibility index (Phi) is 5.00. The van der Waals surface area contributed by atoms with Crippen LogP contribution in [0.15, 0.2) is 23.6 Å². The highest BCUT2D eigenvalue weighted by molar-refractivity contribution is 5.76. The smallest absolute Gasteiger partial charge is 0.310 e. The summed E-state index contributed by atoms with van der Waals surface area (Å²) in [7, 11) is 4.64. The molecule has 23 heavy (non-hydrogen) atoms. The first-order valence-electron chi connectivity index (χ1n) is 7.19. The van der Waals surface area contributed by atoms with E-state index in [9.17, 15) is 15.0 Å². The standard InChI is InChI=1S/C16H21NO6/c1-5-23-14(18)7-10-15(19)9-6-12(21-3)13(22-4)8-11(9)17(2)16(10)20/h6,8,15,19-20H,5,7H2,1-4H3. The van der Waals surface area contributed by atoms with Crippen molar-refractivity contribution in [2.24, 2.45) is 0 Å². The predicted octanol–water partition coefficient (Wildman–Crippen LogP) is 1.91. The first-order chi connectivity index (χ1) is 10.9. The number of esters is 1. The van der Waals surface area contributed by atoms with Gasteiger partial charge in [0.1, 0.15) is 6.10 Å². The van der Waals surface area contributed by atoms with Crippen LogP contribution in [-0.2, 0) is 9.53 Å². The second-order valence-electron chi connectivity index (χ2n) is 5.06. The quantitative estimate of drug-likeness (QED) is 0.800. The van der Waals surface area contributed by atoms with E-state index in [1.807, 2.05) is 0 Å². The lowest BCUT2D eigenvalue weighted by Crippen LogP contribution is -2.28. The molecule has 0 aliphatic carbocycles. The van der Waals surface area contributed by atoms with Crippen LogP contribution in [0, 0.1) is 0 Å². The maximum Gasteiger partial charge on any atom is 0.310 e. The molecule has 1 unspecified atom stereocenters. The largest absolute Gasteiger partial charge is 0.494 e. The van der Waals surface area contributed by atoms with Crippen LogP contribution in [0.25, 0.3) is 0 Å². The van der Waals surface area contributed by atoms with Gasteiger partial charge in [-0.3, -0.25) is 4.79 Å². The predicted molar refractivity (Wildman–Crippen MR) is 83.8 cm³/mol. The highest BCUT2D eigenvalue weighted by atomic mass is 16.5. The summed E-state index contributed by atoms with van der Waals surface area (Å²) in [6.45, 7) is 1.93. The summed E-state index contributed by atoms with van der Waals surface area (Å²) in [5.74, 6) is 0.248. The van der Waals surface area contributed by atoms with Crippen molar-refractivity contribution in [2.75, 3.05) is 32.8 Å². The lowest BCUT2D eigenvalue weighted by atomic mass is 9.93. The molecular formula is C16H21NO6. The van der Waals surface area contributed by atoms with Gasteiger partial charge >= 0.3 is 5.97 Å². The third kappa shape index (κ3) is 3.05. The maximum atomic E-state index is 11.7. The Morgan fingerprint density at radius 1 is 1.26 bits per heavy atom. The van der Waals surface area contributed by atoms with E-state index in [-0.39, 0.29) is 24.5 Å². The Balaban J connectivity index is 2.46. The van der Waals surface area contributed by atoms with Crippen molar-refractivity contribution in [3.8, 4) is 11.5 Å². The molecule has 7 nitrogen and oxygen atoms in total. The van der Waals surface area contributed by atoms with Gasteiger partial charge in [0.05, 0.1) is 32.9 Å². The Hall–Kier alpha value is -2.41. The average molecular weight is 323 g/mol. The van der Waals surface area contributed by atoms with Gasteiger partial charge in [-0.1, -0.05) is 0 Å². The number of benzene rings is 1. The van der Waals surface area contributed by atoms with Crippen LogP contribution in [0.4, 0.5) is 5.69 Å². The Morgan fingerprint density at radius 3 is 2.43 bits per heavy atom. The monoisotopic (exact) mass is 323 g/mol. The molecule has 1 aliphatic heterocycles. The molecule has 1 aliphatic rings. The Morgan fingerprint density at radius 2 is 1.87 bits per heavy atom. The van der Waals surface area contributed by atoms with Crippen molar-refractivity contribution in [1.82, 2.24) is 0 Å². The molecule has 2 rings (SSSR count). The van der Waals surface area contributed by atoms with Crippen molar-refractivity contribution in [2.45, 2.75) is 19.4 Å². The van der Waals surface area contributed by atoms with Gasteiger partial charge in [-0.05, 0) is 13.0 Å². The fourth-order valence-corrected chi connectivity index (χ4v) is 2.58. The van der Waals surface area contributed by atoms with Crippen LogP contribution in [-0.4, -0.2) is 44.1 Å². The van der Waals surface area contributed by atoms with Crippen LogP contribution in [0.2, 0.25) is 0 Å². The van der Waals surface area contributed by atoms with E-state index < -0.39 is 12.1 Å². The van der Waals surface area contributed by atoms with E-state index in [1.165, 1.54) is 19.1 Å². The fraction of sp³-hybridized carbons (Fsp3) is 0.438. The normalized spacial score (nSPS) is 16.9. The number of methoxy groups -OCH3 is 2. The molecule has 0 saturated carbocycles. The first-order valence-corrected chi connectivity index (χ1v) is 7.19. The van der Waals surface area contributed by atoms with Crippen molar-refractivity contribution in [3.63, 3.8) is 0 Å². The van der Waals surface area contributed by atoms with E-state index >= 15 is 0 Å². The van der Waals surface area contributed by atoms with Crippen LogP contribution in [0.3, 0.4) is 0 Å². The van der Waals surface area contributed by atoms with Gasteiger partial charge in [-0.2, -0.15) is 0 Å². The van der Waals surface area contributed by atoms with Gasteiger partial charge in [-0.25, -0.2) is 0 Å². The average Bonchev–Trinajstić information content (AvgIpc) is 2.55. The van der Waals surface area contributed by atoms with Crippen molar-refractivity contribution < 1.29 is 29.2 Å². The minimum absolute atomic E-state index is 0.176. The van der Waals surface area contributed by atoms with E-state index in [0.29, 0.717) is 22.7 Å². The SMILES string of the molecule is CCOC(=O)CC1=C(O)N(C)c2cc(OC)c(OC)cc2C1O. The minimum Gasteiger partial charge on any atom is -0.494 e. The van der Waals surface area contributed by atoms with Crippen molar-refractivity contribution in [1.29, 1.82) is 0 Å². The number of hydrogen-bond donors (Lipinski definition) is 2. The summed E-state index contributed by atoms with van der Waals surface area (Å²) < 4.78 is 15.4. The zero-order chi connectivity index (χ0) is 17.1. The first kappa shape index (κ1) is 17.0. The van der Waals surface area contributed by atoms with Crippen LogP contribution in [0.5, 0.6) is 11.5 Å². The number of rotatable bonds is 5. The second kappa shape index (κ2) is 6.78. The lowest BCUT2D eigenvalue weighted by Gasteiger charge is -2.32. The van der Waals surface area contributed by atoms with Gasteiger partial charge in [0.2, 0.25) is 0 Å². The number of aliphatic hydroxyl groups is 2. The molecule has 1 atom stereocenters. The van der Waals surface area contributed by atoms with Gasteiger partial charge < -0.3 is 29.3 Å². The second-order valence-corrected chi connectivity index (χ2v) is 5.06. The number of fused-ring (bicyclic) bond motifs is 1. The molecular weight excluding hydrogens is 302 g/mol. The molecule has 1 aromatic rings. The molecule has 0 aromatic heterocycles. The van der Waals surface area contributed by atoms with Gasteiger partial charge in [0.25, 0.3) is 0 Å². The molecule has 0 fully saturated rings. The van der Waals surface area contributed by atoms with Crippen molar-refractivity contribution >= 4 is 11.7 Å². The zero-order valence-electron chi connectivity index (χ0n) is 13.6. The van der Waals surface area contributed by atoms with Crippen LogP contribution in [0.1, 0.15) is 25.0 Å². The van der Waals surface area contributed by atoms with Gasteiger partial charge in [0.15, 0.2) is 17.4 Å². The van der Waals surface area contributed by atoms with E-state index in [0.717, 1.165) is 0 Å². The lowest BCUT2D eigenvalue weighted by molar-refractivity contribution is -0.142.